The summed E-state index contributed by atoms with van der Waals surface area (Å²) < 4.78 is 0. The molecule has 1 heterocycles. The van der Waals surface area contributed by atoms with Gasteiger partial charge in [0.05, 0.1) is 12.6 Å². The van der Waals surface area contributed by atoms with Gasteiger partial charge in [0.1, 0.15) is 0 Å². The van der Waals surface area contributed by atoms with Gasteiger partial charge in [0, 0.05) is 5.69 Å². The topological polar surface area (TPSA) is 52.6 Å². The minimum absolute atomic E-state index is 0.0393. The number of benzene rings is 1. The number of nitrogens with one attached hydrogen (secondary N) is 1. The summed E-state index contributed by atoms with van der Waals surface area (Å²) in [5.41, 5.74) is 3.19. The number of anilines is 1. The Morgan fingerprint density at radius 2 is 2.05 bits per heavy atom. The summed E-state index contributed by atoms with van der Waals surface area (Å²) >= 11 is 0. The number of aryl methyl sites for hydroxylation is 2. The number of likely N-dealkylation sites (tertiary alicyclic amines) is 1. The van der Waals surface area contributed by atoms with Crippen LogP contribution < -0.4 is 5.32 Å². The maximum Gasteiger partial charge on any atom is 0.238 e. The first-order valence-corrected chi connectivity index (χ1v) is 7.73. The number of carbonyl (C=O) groups is 1. The standard InChI is InChI=1S/C17H26N2O2/c1-12-4-5-16(13(2)10-12)18-17(21)11-19-8-6-15(7-9-19)14(3)20/h4-5,10,14-15,20H,6-9,11H2,1-3H3,(H,18,21). The fraction of sp³-hybridized carbons (Fsp3) is 0.588. The number of rotatable bonds is 4. The van der Waals surface area contributed by atoms with Crippen LogP contribution in [0.1, 0.15) is 30.9 Å². The Morgan fingerprint density at radius 3 is 2.62 bits per heavy atom. The molecule has 1 amide bonds. The summed E-state index contributed by atoms with van der Waals surface area (Å²) in [7, 11) is 0. The monoisotopic (exact) mass is 290 g/mol. The van der Waals surface area contributed by atoms with E-state index < -0.39 is 0 Å². The zero-order chi connectivity index (χ0) is 15.4. The molecule has 1 unspecified atom stereocenters. The van der Waals surface area contributed by atoms with E-state index in [1.54, 1.807) is 0 Å². The van der Waals surface area contributed by atoms with Crippen molar-refractivity contribution >= 4 is 11.6 Å². The van der Waals surface area contributed by atoms with E-state index >= 15 is 0 Å². The predicted octanol–water partition coefficient (Wildman–Crippen LogP) is 2.33. The lowest BCUT2D eigenvalue weighted by Crippen LogP contribution is -2.41. The van der Waals surface area contributed by atoms with Crippen LogP contribution in [0.25, 0.3) is 0 Å². The number of hydrogen-bond donors (Lipinski definition) is 2. The first-order valence-electron chi connectivity index (χ1n) is 7.73. The van der Waals surface area contributed by atoms with Crippen LogP contribution in [0, 0.1) is 19.8 Å². The maximum absolute atomic E-state index is 12.1. The number of amides is 1. The molecular weight excluding hydrogens is 264 g/mol. The highest BCUT2D eigenvalue weighted by molar-refractivity contribution is 5.93. The van der Waals surface area contributed by atoms with Crippen molar-refractivity contribution < 1.29 is 9.90 Å². The van der Waals surface area contributed by atoms with Crippen LogP contribution in [-0.4, -0.2) is 41.7 Å². The SMILES string of the molecule is Cc1ccc(NC(=O)CN2CCC(C(C)O)CC2)c(C)c1. The minimum Gasteiger partial charge on any atom is -0.393 e. The van der Waals surface area contributed by atoms with Crippen molar-refractivity contribution in [3.8, 4) is 0 Å². The third-order valence-corrected chi connectivity index (χ3v) is 4.34. The number of aliphatic hydroxyl groups is 1. The molecule has 1 aliphatic rings. The van der Waals surface area contributed by atoms with Crippen LogP contribution in [0.2, 0.25) is 0 Å². The smallest absolute Gasteiger partial charge is 0.238 e. The highest BCUT2D eigenvalue weighted by Crippen LogP contribution is 2.20. The van der Waals surface area contributed by atoms with Crippen molar-refractivity contribution in [3.63, 3.8) is 0 Å². The second-order valence-corrected chi connectivity index (χ2v) is 6.22. The van der Waals surface area contributed by atoms with Crippen LogP contribution in [0.4, 0.5) is 5.69 Å². The molecule has 2 rings (SSSR count). The molecule has 0 saturated carbocycles. The summed E-state index contributed by atoms with van der Waals surface area (Å²) in [6.45, 7) is 8.11. The van der Waals surface area contributed by atoms with E-state index in [0.29, 0.717) is 12.5 Å². The molecule has 0 aromatic heterocycles. The van der Waals surface area contributed by atoms with Crippen molar-refractivity contribution in [2.45, 2.75) is 39.7 Å². The summed E-state index contributed by atoms with van der Waals surface area (Å²) in [6.07, 6.45) is 1.69. The van der Waals surface area contributed by atoms with Crippen molar-refractivity contribution in [3.05, 3.63) is 29.3 Å². The molecule has 1 aromatic rings. The Morgan fingerprint density at radius 1 is 1.38 bits per heavy atom. The van der Waals surface area contributed by atoms with Gasteiger partial charge in [-0.05, 0) is 64.3 Å². The summed E-state index contributed by atoms with van der Waals surface area (Å²) in [6, 6.07) is 6.04. The second-order valence-electron chi connectivity index (χ2n) is 6.22. The number of hydrogen-bond acceptors (Lipinski definition) is 3. The lowest BCUT2D eigenvalue weighted by molar-refractivity contribution is -0.117. The van der Waals surface area contributed by atoms with Gasteiger partial charge in [0.15, 0.2) is 0 Å². The Labute approximate surface area is 127 Å². The number of aliphatic hydroxyl groups excluding tert-OH is 1. The van der Waals surface area contributed by atoms with Crippen molar-refractivity contribution in [1.82, 2.24) is 4.90 Å². The third kappa shape index (κ3) is 4.55. The Balaban J connectivity index is 1.83. The Bertz CT molecular complexity index is 492. The molecule has 1 atom stereocenters. The molecule has 1 fully saturated rings. The molecule has 1 saturated heterocycles. The van der Waals surface area contributed by atoms with Crippen molar-refractivity contribution in [2.75, 3.05) is 25.0 Å². The fourth-order valence-corrected chi connectivity index (χ4v) is 2.94. The molecule has 116 valence electrons. The molecule has 2 N–H and O–H groups in total. The second kappa shape index (κ2) is 7.05. The van der Waals surface area contributed by atoms with Gasteiger partial charge in [0.25, 0.3) is 0 Å². The highest BCUT2D eigenvalue weighted by Gasteiger charge is 2.23. The summed E-state index contributed by atoms with van der Waals surface area (Å²) in [5, 5.41) is 12.6. The molecule has 0 aliphatic carbocycles. The molecule has 1 aliphatic heterocycles. The van der Waals surface area contributed by atoms with Crippen LogP contribution in [0.15, 0.2) is 18.2 Å². The van der Waals surface area contributed by atoms with Gasteiger partial charge in [-0.2, -0.15) is 0 Å². The highest BCUT2D eigenvalue weighted by atomic mass is 16.3. The first kappa shape index (κ1) is 16.0. The largest absolute Gasteiger partial charge is 0.393 e. The predicted molar refractivity (Wildman–Crippen MR) is 85.4 cm³/mol. The molecule has 0 radical (unpaired) electrons. The van der Waals surface area contributed by atoms with Gasteiger partial charge in [0.2, 0.25) is 5.91 Å². The average Bonchev–Trinajstić information content (AvgIpc) is 2.42. The number of nitrogens with zero attached hydrogens (tertiary/aromatic N) is 1. The lowest BCUT2D eigenvalue weighted by atomic mass is 9.92. The molecule has 0 bridgehead atoms. The van der Waals surface area contributed by atoms with Crippen LogP contribution in [0.5, 0.6) is 0 Å². The maximum atomic E-state index is 12.1. The Hall–Kier alpha value is -1.39. The quantitative estimate of drug-likeness (QED) is 0.895. The van der Waals surface area contributed by atoms with Gasteiger partial charge in [-0.3, -0.25) is 9.69 Å². The molecule has 4 nitrogen and oxygen atoms in total. The van der Waals surface area contributed by atoms with Crippen molar-refractivity contribution in [1.29, 1.82) is 0 Å². The molecular formula is C17H26N2O2. The Kier molecular flexibility index (Phi) is 5.37. The van der Waals surface area contributed by atoms with Gasteiger partial charge >= 0.3 is 0 Å². The minimum atomic E-state index is -0.240. The normalized spacial score (nSPS) is 18.5. The van der Waals surface area contributed by atoms with Gasteiger partial charge in [-0.15, -0.1) is 0 Å². The zero-order valence-corrected chi connectivity index (χ0v) is 13.2. The van der Waals surface area contributed by atoms with E-state index in [0.717, 1.165) is 37.2 Å². The van der Waals surface area contributed by atoms with Gasteiger partial charge in [-0.25, -0.2) is 0 Å². The van der Waals surface area contributed by atoms with E-state index in [2.05, 4.69) is 16.3 Å². The van der Waals surface area contributed by atoms with Crippen LogP contribution >= 0.6 is 0 Å². The van der Waals surface area contributed by atoms with E-state index in [4.69, 9.17) is 0 Å². The van der Waals surface area contributed by atoms with Crippen LogP contribution in [0.3, 0.4) is 0 Å². The molecule has 21 heavy (non-hydrogen) atoms. The number of piperidine rings is 1. The van der Waals surface area contributed by atoms with Gasteiger partial charge < -0.3 is 10.4 Å². The first-order chi connectivity index (χ1) is 9.95. The average molecular weight is 290 g/mol. The van der Waals surface area contributed by atoms with Gasteiger partial charge in [-0.1, -0.05) is 17.7 Å². The van der Waals surface area contributed by atoms with E-state index in [-0.39, 0.29) is 12.0 Å². The van der Waals surface area contributed by atoms with E-state index in [1.165, 1.54) is 5.56 Å². The molecule has 1 aromatic carbocycles. The molecule has 0 spiro atoms. The van der Waals surface area contributed by atoms with E-state index in [1.807, 2.05) is 32.9 Å². The van der Waals surface area contributed by atoms with Crippen LogP contribution in [-0.2, 0) is 4.79 Å². The van der Waals surface area contributed by atoms with Crippen molar-refractivity contribution in [2.24, 2.45) is 5.92 Å². The third-order valence-electron chi connectivity index (χ3n) is 4.34. The summed E-state index contributed by atoms with van der Waals surface area (Å²) in [5.74, 6) is 0.418. The fourth-order valence-electron chi connectivity index (χ4n) is 2.94. The lowest BCUT2D eigenvalue weighted by Gasteiger charge is -2.32. The zero-order valence-electron chi connectivity index (χ0n) is 13.2. The molecule has 4 heteroatoms. The summed E-state index contributed by atoms with van der Waals surface area (Å²) in [4.78, 5) is 14.3. The van der Waals surface area contributed by atoms with E-state index in [9.17, 15) is 9.90 Å². The number of carbonyl (C=O) groups excluding carboxylic acids is 1.